The van der Waals surface area contributed by atoms with Crippen molar-refractivity contribution in [2.45, 2.75) is 44.1 Å². The van der Waals surface area contributed by atoms with Crippen molar-refractivity contribution in [1.82, 2.24) is 4.90 Å². The number of likely N-dealkylation sites (tertiary alicyclic amines) is 1. The fraction of sp³-hybridized carbons (Fsp3) is 0.474. The first-order chi connectivity index (χ1) is 10.3. The van der Waals surface area contributed by atoms with E-state index in [1.165, 1.54) is 49.1 Å². The van der Waals surface area contributed by atoms with Crippen molar-refractivity contribution in [2.75, 3.05) is 13.6 Å². The van der Waals surface area contributed by atoms with Gasteiger partial charge in [0, 0.05) is 10.9 Å². The Balaban J connectivity index is 1.59. The van der Waals surface area contributed by atoms with Crippen LogP contribution in [0.1, 0.15) is 42.7 Å². The minimum Gasteiger partial charge on any atom is -0.303 e. The molecular formula is C19H23NS. The second-order valence-corrected chi connectivity index (χ2v) is 7.59. The highest BCUT2D eigenvalue weighted by atomic mass is 32.1. The Hall–Kier alpha value is -1.12. The van der Waals surface area contributed by atoms with E-state index in [0.29, 0.717) is 0 Å². The lowest BCUT2D eigenvalue weighted by atomic mass is 9.91. The maximum absolute atomic E-state index is 2.57. The molecule has 1 saturated heterocycles. The van der Waals surface area contributed by atoms with Gasteiger partial charge in [-0.3, -0.25) is 0 Å². The molecule has 4 rings (SSSR count). The van der Waals surface area contributed by atoms with E-state index in [0.717, 1.165) is 12.0 Å². The van der Waals surface area contributed by atoms with Gasteiger partial charge in [0.15, 0.2) is 0 Å². The molecule has 0 saturated carbocycles. The number of nitrogens with zero attached hydrogens (tertiary/aromatic N) is 1. The van der Waals surface area contributed by atoms with Crippen LogP contribution in [-0.4, -0.2) is 24.5 Å². The largest absolute Gasteiger partial charge is 0.303 e. The Kier molecular flexibility index (Phi) is 3.60. The summed E-state index contributed by atoms with van der Waals surface area (Å²) in [7, 11) is 2.30. The molecule has 2 heterocycles. The number of hydrogen-bond acceptors (Lipinski definition) is 2. The predicted molar refractivity (Wildman–Crippen MR) is 91.1 cm³/mol. The molecule has 2 atom stereocenters. The van der Waals surface area contributed by atoms with Crippen LogP contribution >= 0.6 is 11.3 Å². The summed E-state index contributed by atoms with van der Waals surface area (Å²) in [6, 6.07) is 12.4. The lowest BCUT2D eigenvalue weighted by molar-refractivity contribution is 0.281. The highest BCUT2D eigenvalue weighted by molar-refractivity contribution is 7.13. The van der Waals surface area contributed by atoms with E-state index >= 15 is 0 Å². The molecule has 0 spiro atoms. The molecule has 0 unspecified atom stereocenters. The van der Waals surface area contributed by atoms with Gasteiger partial charge < -0.3 is 4.90 Å². The van der Waals surface area contributed by atoms with Crippen molar-refractivity contribution in [3.63, 3.8) is 0 Å². The average Bonchev–Trinajstić information content (AvgIpc) is 3.22. The molecule has 1 nitrogen and oxygen atoms in total. The van der Waals surface area contributed by atoms with Crippen molar-refractivity contribution in [2.24, 2.45) is 0 Å². The lowest BCUT2D eigenvalue weighted by Crippen LogP contribution is -2.26. The molecule has 0 radical (unpaired) electrons. The predicted octanol–water partition coefficient (Wildman–Crippen LogP) is 4.93. The van der Waals surface area contributed by atoms with Crippen LogP contribution < -0.4 is 0 Å². The SMILES string of the molecule is CN1CCC[C@@H]1C[C@@H]1CCc2ccc(-c3cccs3)cc21. The van der Waals surface area contributed by atoms with Crippen molar-refractivity contribution < 1.29 is 0 Å². The van der Waals surface area contributed by atoms with Crippen LogP contribution in [0, 0.1) is 0 Å². The highest BCUT2D eigenvalue weighted by Crippen LogP contribution is 2.40. The van der Waals surface area contributed by atoms with Gasteiger partial charge in [0.05, 0.1) is 0 Å². The summed E-state index contributed by atoms with van der Waals surface area (Å²) in [5, 5.41) is 2.17. The normalized spacial score (nSPS) is 25.4. The molecule has 2 aromatic rings. The Morgan fingerprint density at radius 2 is 2.19 bits per heavy atom. The molecule has 1 fully saturated rings. The number of aryl methyl sites for hydroxylation is 1. The monoisotopic (exact) mass is 297 g/mol. The van der Waals surface area contributed by atoms with Gasteiger partial charge >= 0.3 is 0 Å². The molecule has 0 N–H and O–H groups in total. The maximum atomic E-state index is 2.57. The summed E-state index contributed by atoms with van der Waals surface area (Å²) in [5.74, 6) is 0.783. The summed E-state index contributed by atoms with van der Waals surface area (Å²) in [6.07, 6.45) is 6.77. The Morgan fingerprint density at radius 1 is 1.24 bits per heavy atom. The molecule has 110 valence electrons. The molecule has 2 aliphatic rings. The third-order valence-electron chi connectivity index (χ3n) is 5.38. The van der Waals surface area contributed by atoms with E-state index in [1.807, 2.05) is 11.3 Å². The zero-order valence-electron chi connectivity index (χ0n) is 12.7. The molecule has 1 aromatic heterocycles. The summed E-state index contributed by atoms with van der Waals surface area (Å²) >= 11 is 1.85. The number of hydrogen-bond donors (Lipinski definition) is 0. The van der Waals surface area contributed by atoms with Gasteiger partial charge in [-0.15, -0.1) is 11.3 Å². The number of fused-ring (bicyclic) bond motifs is 1. The van der Waals surface area contributed by atoms with Crippen molar-refractivity contribution in [3.8, 4) is 10.4 Å². The second-order valence-electron chi connectivity index (χ2n) is 6.64. The maximum Gasteiger partial charge on any atom is 0.0342 e. The molecule has 1 aliphatic carbocycles. The van der Waals surface area contributed by atoms with Gasteiger partial charge in [0.25, 0.3) is 0 Å². The van der Waals surface area contributed by atoms with Gasteiger partial charge in [-0.2, -0.15) is 0 Å². The summed E-state index contributed by atoms with van der Waals surface area (Å²) in [5.41, 5.74) is 4.65. The molecular weight excluding hydrogens is 274 g/mol. The number of thiophene rings is 1. The third-order valence-corrected chi connectivity index (χ3v) is 6.30. The Labute approximate surface area is 131 Å². The summed E-state index contributed by atoms with van der Waals surface area (Å²) < 4.78 is 0. The van der Waals surface area contributed by atoms with Crippen molar-refractivity contribution in [1.29, 1.82) is 0 Å². The van der Waals surface area contributed by atoms with E-state index in [9.17, 15) is 0 Å². The van der Waals surface area contributed by atoms with Gasteiger partial charge in [-0.05, 0) is 85.8 Å². The summed E-state index contributed by atoms with van der Waals surface area (Å²) in [6.45, 7) is 1.29. The van der Waals surface area contributed by atoms with E-state index in [-0.39, 0.29) is 0 Å². The highest BCUT2D eigenvalue weighted by Gasteiger charge is 2.29. The first-order valence-corrected chi connectivity index (χ1v) is 9.06. The molecule has 1 aliphatic heterocycles. The number of benzene rings is 1. The van der Waals surface area contributed by atoms with Gasteiger partial charge in [0.2, 0.25) is 0 Å². The number of rotatable bonds is 3. The minimum absolute atomic E-state index is 0.783. The third kappa shape index (κ3) is 2.56. The zero-order valence-corrected chi connectivity index (χ0v) is 13.5. The average molecular weight is 297 g/mol. The summed E-state index contributed by atoms with van der Waals surface area (Å²) in [4.78, 5) is 3.97. The molecule has 0 bridgehead atoms. The molecule has 1 aromatic carbocycles. The zero-order chi connectivity index (χ0) is 14.2. The smallest absolute Gasteiger partial charge is 0.0342 e. The van der Waals surface area contributed by atoms with E-state index < -0.39 is 0 Å². The fourth-order valence-electron chi connectivity index (χ4n) is 4.13. The van der Waals surface area contributed by atoms with Gasteiger partial charge in [0.1, 0.15) is 0 Å². The van der Waals surface area contributed by atoms with E-state index in [2.05, 4.69) is 47.7 Å². The fourth-order valence-corrected chi connectivity index (χ4v) is 4.86. The van der Waals surface area contributed by atoms with Crippen molar-refractivity contribution in [3.05, 3.63) is 46.8 Å². The quantitative estimate of drug-likeness (QED) is 0.776. The standard InChI is InChI=1S/C19H23NS/c1-20-10-2-4-17(20)12-15-8-6-14-7-9-16(13-18(14)15)19-5-3-11-21-19/h3,5,7,9,11,13,15,17H,2,4,6,8,10,12H2,1H3/t15-,17+/m0/s1. The Morgan fingerprint density at radius 3 is 2.95 bits per heavy atom. The Bertz CT molecular complexity index is 617. The van der Waals surface area contributed by atoms with Crippen LogP contribution in [0.4, 0.5) is 0 Å². The molecule has 2 heteroatoms. The van der Waals surface area contributed by atoms with Crippen LogP contribution in [0.25, 0.3) is 10.4 Å². The van der Waals surface area contributed by atoms with Crippen LogP contribution in [0.15, 0.2) is 35.7 Å². The van der Waals surface area contributed by atoms with Crippen LogP contribution in [0.3, 0.4) is 0 Å². The van der Waals surface area contributed by atoms with Gasteiger partial charge in [-0.1, -0.05) is 18.2 Å². The molecule has 0 amide bonds. The first-order valence-electron chi connectivity index (χ1n) is 8.18. The molecule has 21 heavy (non-hydrogen) atoms. The lowest BCUT2D eigenvalue weighted by Gasteiger charge is -2.23. The van der Waals surface area contributed by atoms with Crippen LogP contribution in [0.5, 0.6) is 0 Å². The first kappa shape index (κ1) is 13.5. The topological polar surface area (TPSA) is 3.24 Å². The van der Waals surface area contributed by atoms with Crippen molar-refractivity contribution >= 4 is 11.3 Å². The van der Waals surface area contributed by atoms with Crippen LogP contribution in [0.2, 0.25) is 0 Å². The van der Waals surface area contributed by atoms with Crippen LogP contribution in [-0.2, 0) is 6.42 Å². The van der Waals surface area contributed by atoms with E-state index in [1.54, 1.807) is 11.1 Å². The van der Waals surface area contributed by atoms with E-state index in [4.69, 9.17) is 0 Å². The second kappa shape index (κ2) is 5.58. The minimum atomic E-state index is 0.783. The van der Waals surface area contributed by atoms with Gasteiger partial charge in [-0.25, -0.2) is 0 Å².